The highest BCUT2D eigenvalue weighted by Crippen LogP contribution is 2.46. The predicted molar refractivity (Wildman–Crippen MR) is 104 cm³/mol. The van der Waals surface area contributed by atoms with Crippen LogP contribution in [0, 0.1) is 0 Å². The molecule has 0 aliphatic carbocycles. The number of aromatic nitrogens is 1. The molecular weight excluding hydrogens is 378 g/mol. The summed E-state index contributed by atoms with van der Waals surface area (Å²) in [5.41, 5.74) is 2.75. The minimum absolute atomic E-state index is 0.724. The Morgan fingerprint density at radius 3 is 2.62 bits per heavy atom. The van der Waals surface area contributed by atoms with E-state index in [9.17, 15) is 5.11 Å². The van der Waals surface area contributed by atoms with E-state index in [1.54, 1.807) is 35.1 Å². The SMILES string of the molecule is OC(c1cccnc1)c1c(-c2ccc(Cl)s2)csc1-c1cccs1. The Bertz CT molecular complexity index is 944. The fraction of sp³-hybridized carbons (Fsp3) is 0.0556. The molecule has 4 aromatic rings. The smallest absolute Gasteiger partial charge is 0.108 e. The molecule has 0 aromatic carbocycles. The number of halogens is 1. The maximum absolute atomic E-state index is 11.1. The summed E-state index contributed by atoms with van der Waals surface area (Å²) >= 11 is 11.0. The van der Waals surface area contributed by atoms with Crippen LogP contribution >= 0.6 is 45.6 Å². The van der Waals surface area contributed by atoms with Crippen molar-refractivity contribution in [3.8, 4) is 20.2 Å². The van der Waals surface area contributed by atoms with E-state index in [1.807, 2.05) is 30.3 Å². The summed E-state index contributed by atoms with van der Waals surface area (Å²) in [5.74, 6) is 0. The standard InChI is InChI=1S/C18H12ClNOS3/c19-15-6-5-13(24-15)12-10-23-18(14-4-2-8-22-14)16(12)17(21)11-3-1-7-20-9-11/h1-10,17,21H. The summed E-state index contributed by atoms with van der Waals surface area (Å²) in [7, 11) is 0. The van der Waals surface area contributed by atoms with E-state index in [-0.39, 0.29) is 0 Å². The van der Waals surface area contributed by atoms with Crippen molar-refractivity contribution in [1.29, 1.82) is 0 Å². The maximum Gasteiger partial charge on any atom is 0.108 e. The van der Waals surface area contributed by atoms with Crippen LogP contribution in [0.1, 0.15) is 17.2 Å². The normalized spacial score (nSPS) is 12.4. The first-order valence-corrected chi connectivity index (χ1v) is 10.2. The van der Waals surface area contributed by atoms with Crippen molar-refractivity contribution >= 4 is 45.6 Å². The van der Waals surface area contributed by atoms with E-state index < -0.39 is 6.10 Å². The number of aliphatic hydroxyl groups excluding tert-OH is 1. The van der Waals surface area contributed by atoms with Gasteiger partial charge >= 0.3 is 0 Å². The van der Waals surface area contributed by atoms with Crippen molar-refractivity contribution in [2.24, 2.45) is 0 Å². The molecule has 24 heavy (non-hydrogen) atoms. The lowest BCUT2D eigenvalue weighted by Gasteiger charge is -2.14. The molecule has 1 atom stereocenters. The van der Waals surface area contributed by atoms with Gasteiger partial charge in [0, 0.05) is 44.2 Å². The van der Waals surface area contributed by atoms with Crippen LogP contribution in [0.3, 0.4) is 0 Å². The molecule has 0 aliphatic heterocycles. The quantitative estimate of drug-likeness (QED) is 0.442. The first-order valence-electron chi connectivity index (χ1n) is 7.23. The first-order chi connectivity index (χ1) is 11.7. The average Bonchev–Trinajstić information content (AvgIpc) is 3.34. The van der Waals surface area contributed by atoms with Crippen molar-refractivity contribution in [2.75, 3.05) is 0 Å². The minimum atomic E-state index is -0.724. The third-order valence-electron chi connectivity index (χ3n) is 3.69. The zero-order valence-corrected chi connectivity index (χ0v) is 15.6. The van der Waals surface area contributed by atoms with Gasteiger partial charge in [0.15, 0.2) is 0 Å². The monoisotopic (exact) mass is 389 g/mol. The van der Waals surface area contributed by atoms with Gasteiger partial charge in [-0.1, -0.05) is 23.7 Å². The molecule has 2 nitrogen and oxygen atoms in total. The van der Waals surface area contributed by atoms with Crippen LogP contribution in [0.25, 0.3) is 20.2 Å². The summed E-state index contributed by atoms with van der Waals surface area (Å²) in [5, 5.41) is 15.2. The van der Waals surface area contributed by atoms with Gasteiger partial charge in [-0.05, 0) is 29.6 Å². The van der Waals surface area contributed by atoms with Crippen LogP contribution in [0.15, 0.2) is 59.6 Å². The highest BCUT2D eigenvalue weighted by Gasteiger charge is 2.24. The Balaban J connectivity index is 1.90. The summed E-state index contributed by atoms with van der Waals surface area (Å²) < 4.78 is 0.746. The molecule has 0 radical (unpaired) electrons. The Morgan fingerprint density at radius 1 is 1.04 bits per heavy atom. The van der Waals surface area contributed by atoms with Gasteiger partial charge in [0.25, 0.3) is 0 Å². The molecule has 0 fully saturated rings. The van der Waals surface area contributed by atoms with E-state index in [0.29, 0.717) is 0 Å². The van der Waals surface area contributed by atoms with Crippen LogP contribution in [0.5, 0.6) is 0 Å². The highest BCUT2D eigenvalue weighted by molar-refractivity contribution is 7.22. The zero-order chi connectivity index (χ0) is 16.5. The number of rotatable bonds is 4. The average molecular weight is 390 g/mol. The number of hydrogen-bond acceptors (Lipinski definition) is 5. The molecule has 6 heteroatoms. The molecular formula is C18H12ClNOS3. The zero-order valence-electron chi connectivity index (χ0n) is 12.3. The topological polar surface area (TPSA) is 33.1 Å². The number of aliphatic hydroxyl groups is 1. The molecule has 0 saturated heterocycles. The van der Waals surface area contributed by atoms with Gasteiger partial charge in [0.2, 0.25) is 0 Å². The van der Waals surface area contributed by atoms with Crippen molar-refractivity contribution in [3.63, 3.8) is 0 Å². The van der Waals surface area contributed by atoms with Gasteiger partial charge in [-0.3, -0.25) is 4.98 Å². The second-order valence-electron chi connectivity index (χ2n) is 5.16. The van der Waals surface area contributed by atoms with Gasteiger partial charge in [0.05, 0.1) is 9.21 Å². The third kappa shape index (κ3) is 2.94. The predicted octanol–water partition coefficient (Wildman–Crippen LogP) is 6.34. The fourth-order valence-electron chi connectivity index (χ4n) is 2.59. The summed E-state index contributed by atoms with van der Waals surface area (Å²) in [4.78, 5) is 7.47. The van der Waals surface area contributed by atoms with Crippen molar-refractivity contribution in [3.05, 3.63) is 75.0 Å². The molecule has 0 saturated carbocycles. The molecule has 0 spiro atoms. The van der Waals surface area contributed by atoms with Crippen LogP contribution < -0.4 is 0 Å². The summed E-state index contributed by atoms with van der Waals surface area (Å²) in [6, 6.07) is 11.8. The molecule has 4 heterocycles. The van der Waals surface area contributed by atoms with Crippen LogP contribution in [0.2, 0.25) is 4.34 Å². The van der Waals surface area contributed by atoms with E-state index in [0.717, 1.165) is 35.7 Å². The minimum Gasteiger partial charge on any atom is -0.384 e. The summed E-state index contributed by atoms with van der Waals surface area (Å²) in [6.07, 6.45) is 2.70. The number of nitrogens with zero attached hydrogens (tertiary/aromatic N) is 1. The molecule has 0 bridgehead atoms. The van der Waals surface area contributed by atoms with Crippen molar-refractivity contribution < 1.29 is 5.11 Å². The van der Waals surface area contributed by atoms with Crippen LogP contribution in [-0.2, 0) is 0 Å². The van der Waals surface area contributed by atoms with Gasteiger partial charge < -0.3 is 5.11 Å². The fourth-order valence-corrected chi connectivity index (χ4v) is 5.73. The Kier molecular flexibility index (Phi) is 4.52. The lowest BCUT2D eigenvalue weighted by atomic mass is 9.98. The van der Waals surface area contributed by atoms with Crippen molar-refractivity contribution in [1.82, 2.24) is 4.98 Å². The molecule has 0 aliphatic rings. The highest BCUT2D eigenvalue weighted by atomic mass is 35.5. The van der Waals surface area contributed by atoms with Gasteiger partial charge in [-0.2, -0.15) is 0 Å². The van der Waals surface area contributed by atoms with Crippen molar-refractivity contribution in [2.45, 2.75) is 6.10 Å². The largest absolute Gasteiger partial charge is 0.384 e. The van der Waals surface area contributed by atoms with Gasteiger partial charge in [0.1, 0.15) is 6.10 Å². The Hall–Kier alpha value is -1.50. The summed E-state index contributed by atoms with van der Waals surface area (Å²) in [6.45, 7) is 0. The van der Waals surface area contributed by atoms with Crippen LogP contribution in [-0.4, -0.2) is 10.1 Å². The number of thiophene rings is 3. The van der Waals surface area contributed by atoms with Gasteiger partial charge in [-0.15, -0.1) is 34.0 Å². The molecule has 1 unspecified atom stereocenters. The van der Waals surface area contributed by atoms with E-state index in [1.165, 1.54) is 11.3 Å². The second kappa shape index (κ2) is 6.78. The number of hydrogen-bond donors (Lipinski definition) is 1. The van der Waals surface area contributed by atoms with E-state index in [4.69, 9.17) is 11.6 Å². The number of pyridine rings is 1. The second-order valence-corrected chi connectivity index (χ2v) is 8.70. The first kappa shape index (κ1) is 16.0. The molecule has 0 amide bonds. The van der Waals surface area contributed by atoms with E-state index >= 15 is 0 Å². The third-order valence-corrected chi connectivity index (χ3v) is 7.00. The van der Waals surface area contributed by atoms with Crippen LogP contribution in [0.4, 0.5) is 0 Å². The Morgan fingerprint density at radius 2 is 1.96 bits per heavy atom. The lowest BCUT2D eigenvalue weighted by molar-refractivity contribution is 0.221. The Labute approximate surface area is 156 Å². The lowest BCUT2D eigenvalue weighted by Crippen LogP contribution is -2.01. The molecule has 4 aromatic heterocycles. The maximum atomic E-state index is 11.1. The molecule has 1 N–H and O–H groups in total. The van der Waals surface area contributed by atoms with E-state index in [2.05, 4.69) is 21.8 Å². The van der Waals surface area contributed by atoms with Gasteiger partial charge in [-0.25, -0.2) is 0 Å². The molecule has 4 rings (SSSR count). The molecule has 120 valence electrons.